The molecule has 0 radical (unpaired) electrons. The molecule has 184 valence electrons. The van der Waals surface area contributed by atoms with Crippen molar-refractivity contribution in [2.24, 2.45) is 7.05 Å². The minimum atomic E-state index is -0.362. The maximum Gasteiger partial charge on any atom is 0.350 e. The summed E-state index contributed by atoms with van der Waals surface area (Å²) < 4.78 is 15.2. The van der Waals surface area contributed by atoms with Crippen LogP contribution in [0.2, 0.25) is 0 Å². The summed E-state index contributed by atoms with van der Waals surface area (Å²) in [5, 5.41) is 3.05. The summed E-state index contributed by atoms with van der Waals surface area (Å²) in [6.45, 7) is 14.9. The van der Waals surface area contributed by atoms with E-state index in [0.29, 0.717) is 29.9 Å². The topological polar surface area (TPSA) is 71.5 Å². The lowest BCUT2D eigenvalue weighted by Crippen LogP contribution is -2.58. The van der Waals surface area contributed by atoms with Gasteiger partial charge in [0, 0.05) is 37.6 Å². The van der Waals surface area contributed by atoms with Crippen molar-refractivity contribution in [3.8, 4) is 0 Å². The number of aryl methyl sites for hydroxylation is 2. The van der Waals surface area contributed by atoms with Crippen LogP contribution in [0, 0.1) is 19.3 Å². The second-order valence-electron chi connectivity index (χ2n) is 9.22. The molecule has 1 aliphatic rings. The summed E-state index contributed by atoms with van der Waals surface area (Å²) in [6, 6.07) is 9.91. The van der Waals surface area contributed by atoms with Gasteiger partial charge in [-0.25, -0.2) is 14.2 Å². The van der Waals surface area contributed by atoms with E-state index in [-0.39, 0.29) is 35.5 Å². The van der Waals surface area contributed by atoms with Crippen LogP contribution in [0.25, 0.3) is 15.9 Å². The number of hydrogen-bond acceptors (Lipinski definition) is 7. The Balaban J connectivity index is 1.55. The summed E-state index contributed by atoms with van der Waals surface area (Å²) in [5.74, 6) is 0.493. The highest BCUT2D eigenvalue weighted by atomic mass is 32.1. The number of rotatable bonds is 4. The third kappa shape index (κ3) is 4.25. The third-order valence-electron chi connectivity index (χ3n) is 6.78. The number of pyridine rings is 1. The standard InChI is InChI=1S/C26H26FN7OS/c1-15-13-34(25-23-21(32(5)26(35)31-25)10-11-22(28-4)30-23)16(2)12-33(15)24(20-14-36-17(3)29-20)18-6-8-19(27)9-7-18/h6-11,14-16,24H,12-13H2,1-3,5H3/t15-,16+,24?/m1/s1. The molecule has 0 bridgehead atoms. The molecule has 0 amide bonds. The van der Waals surface area contributed by atoms with Crippen LogP contribution in [-0.2, 0) is 7.05 Å². The molecular weight excluding hydrogens is 477 g/mol. The van der Waals surface area contributed by atoms with Gasteiger partial charge in [-0.3, -0.25) is 9.47 Å². The highest BCUT2D eigenvalue weighted by Gasteiger charge is 2.37. The predicted molar refractivity (Wildman–Crippen MR) is 139 cm³/mol. The molecule has 1 unspecified atom stereocenters. The molecule has 8 nitrogen and oxygen atoms in total. The number of fused-ring (bicyclic) bond motifs is 1. The molecule has 4 aromatic rings. The summed E-state index contributed by atoms with van der Waals surface area (Å²) in [4.78, 5) is 34.3. The summed E-state index contributed by atoms with van der Waals surface area (Å²) in [6.07, 6.45) is 0. The number of thiazole rings is 1. The van der Waals surface area contributed by atoms with Gasteiger partial charge in [0.25, 0.3) is 5.82 Å². The Morgan fingerprint density at radius 2 is 1.83 bits per heavy atom. The Hall–Kier alpha value is -3.68. The molecule has 3 aromatic heterocycles. The average molecular weight is 504 g/mol. The first-order chi connectivity index (χ1) is 17.3. The molecular formula is C26H26FN7OS. The van der Waals surface area contributed by atoms with E-state index in [4.69, 9.17) is 11.6 Å². The van der Waals surface area contributed by atoms with Crippen LogP contribution in [0.3, 0.4) is 0 Å². The number of aromatic nitrogens is 4. The molecule has 0 spiro atoms. The quantitative estimate of drug-likeness (QED) is 0.383. The number of halogens is 1. The number of piperazine rings is 1. The van der Waals surface area contributed by atoms with E-state index >= 15 is 0 Å². The molecule has 1 aromatic carbocycles. The fourth-order valence-electron chi connectivity index (χ4n) is 4.95. The minimum Gasteiger partial charge on any atom is -0.361 e. The van der Waals surface area contributed by atoms with Gasteiger partial charge in [0.1, 0.15) is 5.82 Å². The maximum absolute atomic E-state index is 13.7. The lowest BCUT2D eigenvalue weighted by Gasteiger charge is -2.47. The van der Waals surface area contributed by atoms with E-state index in [2.05, 4.69) is 43.8 Å². The zero-order valence-electron chi connectivity index (χ0n) is 20.5. The fourth-order valence-corrected chi connectivity index (χ4v) is 5.58. The monoisotopic (exact) mass is 503 g/mol. The predicted octanol–water partition coefficient (Wildman–Crippen LogP) is 4.47. The number of hydrogen-bond donors (Lipinski definition) is 0. The van der Waals surface area contributed by atoms with Crippen LogP contribution < -0.4 is 10.6 Å². The molecule has 1 aliphatic heterocycles. The first kappa shape index (κ1) is 24.0. The van der Waals surface area contributed by atoms with Gasteiger partial charge in [0.15, 0.2) is 5.82 Å². The Morgan fingerprint density at radius 1 is 1.08 bits per heavy atom. The minimum absolute atomic E-state index is 0.00918. The van der Waals surface area contributed by atoms with Crippen LogP contribution in [0.15, 0.2) is 46.6 Å². The zero-order valence-corrected chi connectivity index (χ0v) is 21.3. The van der Waals surface area contributed by atoms with Crippen molar-refractivity contribution in [1.82, 2.24) is 24.4 Å². The highest BCUT2D eigenvalue weighted by Crippen LogP contribution is 2.36. The molecule has 0 N–H and O–H groups in total. The number of anilines is 1. The van der Waals surface area contributed by atoms with Gasteiger partial charge < -0.3 is 9.74 Å². The summed E-state index contributed by atoms with van der Waals surface area (Å²) >= 11 is 1.60. The molecule has 4 heterocycles. The van der Waals surface area contributed by atoms with Crippen molar-refractivity contribution in [2.75, 3.05) is 18.0 Å². The van der Waals surface area contributed by atoms with Gasteiger partial charge in [-0.2, -0.15) is 4.98 Å². The molecule has 0 saturated carbocycles. The van der Waals surface area contributed by atoms with Gasteiger partial charge in [0.2, 0.25) is 5.52 Å². The second kappa shape index (κ2) is 9.41. The first-order valence-corrected chi connectivity index (χ1v) is 12.6. The normalized spacial score (nSPS) is 19.4. The Morgan fingerprint density at radius 3 is 2.50 bits per heavy atom. The van der Waals surface area contributed by atoms with Crippen LogP contribution in [-0.4, -0.2) is 49.6 Å². The smallest absolute Gasteiger partial charge is 0.350 e. The van der Waals surface area contributed by atoms with Crippen LogP contribution in [0.1, 0.15) is 36.2 Å². The summed E-state index contributed by atoms with van der Waals surface area (Å²) in [5.41, 5.74) is 2.75. The van der Waals surface area contributed by atoms with Gasteiger partial charge in [-0.05, 0) is 50.6 Å². The van der Waals surface area contributed by atoms with E-state index in [1.165, 1.54) is 16.7 Å². The van der Waals surface area contributed by atoms with Crippen molar-refractivity contribution in [3.05, 3.63) is 85.8 Å². The average Bonchev–Trinajstić information content (AvgIpc) is 3.30. The highest BCUT2D eigenvalue weighted by molar-refractivity contribution is 7.09. The summed E-state index contributed by atoms with van der Waals surface area (Å²) in [7, 11) is 1.66. The molecule has 1 saturated heterocycles. The van der Waals surface area contributed by atoms with Crippen molar-refractivity contribution in [1.29, 1.82) is 0 Å². The van der Waals surface area contributed by atoms with Gasteiger partial charge in [0.05, 0.1) is 22.3 Å². The SMILES string of the molecule is [C-]#[N+]c1ccc2c(n1)c(N1C[C@@H](C)N(C(c3ccc(F)cc3)c3csc(C)n3)C[C@@H]1C)nc(=O)n2C. The van der Waals surface area contributed by atoms with Gasteiger partial charge in [-0.1, -0.05) is 18.7 Å². The molecule has 5 rings (SSSR count). The lowest BCUT2D eigenvalue weighted by atomic mass is 9.97. The third-order valence-corrected chi connectivity index (χ3v) is 7.57. The van der Waals surface area contributed by atoms with Crippen LogP contribution in [0.5, 0.6) is 0 Å². The molecule has 3 atom stereocenters. The first-order valence-electron chi connectivity index (χ1n) is 11.7. The maximum atomic E-state index is 13.7. The van der Waals surface area contributed by atoms with Crippen molar-refractivity contribution < 1.29 is 4.39 Å². The Bertz CT molecular complexity index is 1520. The molecule has 0 aliphatic carbocycles. The molecule has 36 heavy (non-hydrogen) atoms. The van der Waals surface area contributed by atoms with E-state index < -0.39 is 0 Å². The Kier molecular flexibility index (Phi) is 6.28. The van der Waals surface area contributed by atoms with Crippen molar-refractivity contribution >= 4 is 34.0 Å². The van der Waals surface area contributed by atoms with Gasteiger partial charge in [-0.15, -0.1) is 16.3 Å². The number of nitrogens with zero attached hydrogens (tertiary/aromatic N) is 7. The Labute approximate surface area is 212 Å². The second-order valence-corrected chi connectivity index (χ2v) is 10.3. The number of benzene rings is 1. The lowest BCUT2D eigenvalue weighted by molar-refractivity contribution is 0.127. The fraction of sp³-hybridized carbons (Fsp3) is 0.346. The molecule has 1 fully saturated rings. The largest absolute Gasteiger partial charge is 0.361 e. The van der Waals surface area contributed by atoms with Crippen LogP contribution in [0.4, 0.5) is 16.0 Å². The zero-order chi connectivity index (χ0) is 25.6. The van der Waals surface area contributed by atoms with E-state index in [9.17, 15) is 9.18 Å². The van der Waals surface area contributed by atoms with Crippen molar-refractivity contribution in [3.63, 3.8) is 0 Å². The molecule has 10 heteroatoms. The van der Waals surface area contributed by atoms with Crippen LogP contribution >= 0.6 is 11.3 Å². The van der Waals surface area contributed by atoms with E-state index in [0.717, 1.165) is 16.3 Å². The van der Waals surface area contributed by atoms with E-state index in [1.54, 1.807) is 30.5 Å². The van der Waals surface area contributed by atoms with E-state index in [1.807, 2.05) is 19.1 Å². The van der Waals surface area contributed by atoms with Crippen molar-refractivity contribution in [2.45, 2.75) is 38.9 Å². The van der Waals surface area contributed by atoms with Gasteiger partial charge >= 0.3 is 5.69 Å².